The second-order valence-electron chi connectivity index (χ2n) is 4.88. The Morgan fingerprint density at radius 1 is 1.10 bits per heavy atom. The second kappa shape index (κ2) is 4.85. The number of benzene rings is 2. The molecule has 0 spiro atoms. The van der Waals surface area contributed by atoms with Crippen LogP contribution in [-0.2, 0) is 11.2 Å². The normalized spacial score (nSPS) is 10.8. The molecule has 3 nitrogen and oxygen atoms in total. The number of rotatable bonds is 3. The molecule has 1 aromatic heterocycles. The number of carbonyl (C=O) groups excluding carboxylic acids is 1. The fourth-order valence-electron chi connectivity index (χ4n) is 2.69. The van der Waals surface area contributed by atoms with Crippen LogP contribution in [0.5, 0.6) is 0 Å². The average molecular weight is 264 g/mol. The van der Waals surface area contributed by atoms with Gasteiger partial charge in [-0.3, -0.25) is 0 Å². The number of aryl methyl sites for hydroxylation is 1. The number of aromatic nitrogens is 1. The van der Waals surface area contributed by atoms with E-state index in [9.17, 15) is 9.90 Å². The lowest BCUT2D eigenvalue weighted by atomic mass is 10.0. The smallest absolute Gasteiger partial charge is 0.0498 e. The van der Waals surface area contributed by atoms with Gasteiger partial charge >= 0.3 is 0 Å². The van der Waals surface area contributed by atoms with Gasteiger partial charge in [0.25, 0.3) is 0 Å². The van der Waals surface area contributed by atoms with Crippen LogP contribution >= 0.6 is 0 Å². The Labute approximate surface area is 116 Å². The molecule has 0 saturated carbocycles. The van der Waals surface area contributed by atoms with Gasteiger partial charge in [0.05, 0.1) is 0 Å². The number of carboxylic acids is 1. The molecule has 0 atom stereocenters. The van der Waals surface area contributed by atoms with Gasteiger partial charge in [-0.25, -0.2) is 0 Å². The number of carbonyl (C=O) groups is 1. The number of nitrogens with one attached hydrogen (secondary N) is 1. The van der Waals surface area contributed by atoms with Crippen molar-refractivity contribution in [3.8, 4) is 11.1 Å². The van der Waals surface area contributed by atoms with Crippen LogP contribution in [0.25, 0.3) is 22.0 Å². The zero-order chi connectivity index (χ0) is 14.1. The first-order valence-corrected chi connectivity index (χ1v) is 6.52. The Kier molecular flexibility index (Phi) is 3.03. The summed E-state index contributed by atoms with van der Waals surface area (Å²) in [5, 5.41) is 11.9. The van der Waals surface area contributed by atoms with Crippen molar-refractivity contribution in [3.63, 3.8) is 0 Å². The molecule has 1 heterocycles. The maximum Gasteiger partial charge on any atom is 0.0498 e. The van der Waals surface area contributed by atoms with E-state index in [-0.39, 0.29) is 6.42 Å². The maximum atomic E-state index is 10.8. The Bertz CT molecular complexity index is 772. The van der Waals surface area contributed by atoms with Crippen LogP contribution in [0.4, 0.5) is 0 Å². The topological polar surface area (TPSA) is 55.9 Å². The number of carboxylic acid groups (broad SMARTS) is 1. The predicted molar refractivity (Wildman–Crippen MR) is 77.2 cm³/mol. The van der Waals surface area contributed by atoms with Gasteiger partial charge in [-0.2, -0.15) is 0 Å². The quantitative estimate of drug-likeness (QED) is 0.790. The molecule has 0 aliphatic heterocycles. The summed E-state index contributed by atoms with van der Waals surface area (Å²) < 4.78 is 0. The minimum absolute atomic E-state index is 0.0779. The van der Waals surface area contributed by atoms with E-state index < -0.39 is 5.97 Å². The van der Waals surface area contributed by atoms with Crippen molar-refractivity contribution < 1.29 is 9.90 Å². The van der Waals surface area contributed by atoms with Gasteiger partial charge < -0.3 is 14.9 Å². The van der Waals surface area contributed by atoms with Crippen LogP contribution in [0.2, 0.25) is 0 Å². The molecule has 0 radical (unpaired) electrons. The molecule has 0 amide bonds. The third kappa shape index (κ3) is 2.07. The van der Waals surface area contributed by atoms with E-state index in [1.54, 1.807) is 0 Å². The zero-order valence-corrected chi connectivity index (χ0v) is 11.1. The monoisotopic (exact) mass is 264 g/mol. The minimum atomic E-state index is -1.06. The number of hydrogen-bond donors (Lipinski definition) is 1. The summed E-state index contributed by atoms with van der Waals surface area (Å²) in [5.74, 6) is -1.06. The summed E-state index contributed by atoms with van der Waals surface area (Å²) in [5.41, 5.74) is 4.93. The van der Waals surface area contributed by atoms with Crippen LogP contribution < -0.4 is 5.11 Å². The largest absolute Gasteiger partial charge is 0.550 e. The molecule has 0 aliphatic carbocycles. The van der Waals surface area contributed by atoms with Crippen LogP contribution in [0.3, 0.4) is 0 Å². The molecule has 3 rings (SSSR count). The number of aromatic amines is 1. The van der Waals surface area contributed by atoms with Gasteiger partial charge in [0, 0.05) is 34.6 Å². The molecule has 0 saturated heterocycles. The highest BCUT2D eigenvalue weighted by molar-refractivity contribution is 5.99. The molecule has 2 aromatic carbocycles. The number of para-hydroxylation sites is 1. The molecule has 3 aromatic rings. The van der Waals surface area contributed by atoms with E-state index in [1.165, 1.54) is 0 Å². The highest BCUT2D eigenvalue weighted by atomic mass is 16.4. The van der Waals surface area contributed by atoms with Crippen LogP contribution in [-0.4, -0.2) is 11.0 Å². The molecular weight excluding hydrogens is 250 g/mol. The fourth-order valence-corrected chi connectivity index (χ4v) is 2.69. The average Bonchev–Trinajstić information content (AvgIpc) is 2.76. The predicted octanol–water partition coefficient (Wildman–Crippen LogP) is 2.44. The van der Waals surface area contributed by atoms with Gasteiger partial charge in [0.2, 0.25) is 0 Å². The molecular formula is C17H14NO2-. The Morgan fingerprint density at radius 3 is 2.55 bits per heavy atom. The third-order valence-electron chi connectivity index (χ3n) is 3.50. The summed E-state index contributed by atoms with van der Waals surface area (Å²) in [6, 6.07) is 15.8. The summed E-state index contributed by atoms with van der Waals surface area (Å²) in [6.45, 7) is 2.01. The fraction of sp³-hybridized carbons (Fsp3) is 0.118. The lowest BCUT2D eigenvalue weighted by Crippen LogP contribution is -2.24. The van der Waals surface area contributed by atoms with Gasteiger partial charge in [-0.05, 0) is 18.1 Å². The molecule has 0 bridgehead atoms. The number of H-pyrrole nitrogens is 1. The van der Waals surface area contributed by atoms with Gasteiger partial charge in [0.15, 0.2) is 0 Å². The molecule has 0 fully saturated rings. The van der Waals surface area contributed by atoms with Crippen molar-refractivity contribution in [1.29, 1.82) is 0 Å². The minimum Gasteiger partial charge on any atom is -0.550 e. The first-order chi connectivity index (χ1) is 9.66. The Balaban J connectivity index is 2.25. The number of aliphatic carboxylic acids is 1. The lowest BCUT2D eigenvalue weighted by molar-refractivity contribution is -0.304. The molecule has 100 valence electrons. The van der Waals surface area contributed by atoms with Crippen molar-refractivity contribution in [2.75, 3.05) is 0 Å². The number of hydrogen-bond acceptors (Lipinski definition) is 2. The second-order valence-corrected chi connectivity index (χ2v) is 4.88. The van der Waals surface area contributed by atoms with Crippen molar-refractivity contribution in [3.05, 3.63) is 59.8 Å². The molecule has 0 aliphatic rings. The SMILES string of the molecule is Cc1[nH]c2c(CC(=O)[O-])cccc2c1-c1ccccc1. The Hall–Kier alpha value is -2.55. The van der Waals surface area contributed by atoms with Gasteiger partial charge in [0.1, 0.15) is 0 Å². The molecule has 3 heteroatoms. The molecule has 0 unspecified atom stereocenters. The first-order valence-electron chi connectivity index (χ1n) is 6.52. The lowest BCUT2D eigenvalue weighted by Gasteiger charge is -2.05. The summed E-state index contributed by atoms with van der Waals surface area (Å²) in [6.07, 6.45) is -0.0779. The van der Waals surface area contributed by atoms with E-state index in [4.69, 9.17) is 0 Å². The highest BCUT2D eigenvalue weighted by Gasteiger charge is 2.12. The number of fused-ring (bicyclic) bond motifs is 1. The van der Waals surface area contributed by atoms with E-state index in [0.717, 1.165) is 33.3 Å². The van der Waals surface area contributed by atoms with Gasteiger partial charge in [-0.15, -0.1) is 0 Å². The standard InChI is InChI=1S/C17H15NO2/c1-11-16(12-6-3-2-4-7-12)14-9-5-8-13(10-15(19)20)17(14)18-11/h2-9,18H,10H2,1H3,(H,19,20)/p-1. The van der Waals surface area contributed by atoms with E-state index in [1.807, 2.05) is 43.3 Å². The highest BCUT2D eigenvalue weighted by Crippen LogP contribution is 2.33. The van der Waals surface area contributed by atoms with Crippen molar-refractivity contribution >= 4 is 16.9 Å². The van der Waals surface area contributed by atoms with E-state index in [0.29, 0.717) is 0 Å². The summed E-state index contributed by atoms with van der Waals surface area (Å²) in [4.78, 5) is 14.2. The first kappa shape index (κ1) is 12.5. The van der Waals surface area contributed by atoms with Crippen molar-refractivity contribution in [2.24, 2.45) is 0 Å². The zero-order valence-electron chi connectivity index (χ0n) is 11.1. The van der Waals surface area contributed by atoms with Gasteiger partial charge in [-0.1, -0.05) is 48.5 Å². The summed E-state index contributed by atoms with van der Waals surface area (Å²) in [7, 11) is 0. The molecule has 20 heavy (non-hydrogen) atoms. The summed E-state index contributed by atoms with van der Waals surface area (Å²) >= 11 is 0. The van der Waals surface area contributed by atoms with E-state index >= 15 is 0 Å². The van der Waals surface area contributed by atoms with Crippen LogP contribution in [0.1, 0.15) is 11.3 Å². The van der Waals surface area contributed by atoms with Crippen molar-refractivity contribution in [2.45, 2.75) is 13.3 Å². The van der Waals surface area contributed by atoms with Crippen LogP contribution in [0, 0.1) is 6.92 Å². The van der Waals surface area contributed by atoms with Crippen molar-refractivity contribution in [1.82, 2.24) is 4.98 Å². The van der Waals surface area contributed by atoms with Crippen LogP contribution in [0.15, 0.2) is 48.5 Å². The maximum absolute atomic E-state index is 10.8. The third-order valence-corrected chi connectivity index (χ3v) is 3.50. The molecule has 1 N–H and O–H groups in total. The Morgan fingerprint density at radius 2 is 1.85 bits per heavy atom. The van der Waals surface area contributed by atoms with E-state index in [2.05, 4.69) is 17.1 Å².